The van der Waals surface area contributed by atoms with Crippen LogP contribution >= 0.6 is 15.9 Å². The van der Waals surface area contributed by atoms with Gasteiger partial charge >= 0.3 is 5.97 Å². The molecule has 0 saturated heterocycles. The largest absolute Gasteiger partial charge is 0.480 e. The highest BCUT2D eigenvalue weighted by Crippen LogP contribution is 2.20. The van der Waals surface area contributed by atoms with Crippen LogP contribution in [0.5, 0.6) is 0 Å². The Morgan fingerprint density at radius 1 is 1.21 bits per heavy atom. The van der Waals surface area contributed by atoms with E-state index in [0.29, 0.717) is 18.8 Å². The monoisotopic (exact) mass is 532 g/mol. The van der Waals surface area contributed by atoms with Crippen LogP contribution in [0, 0.1) is 0 Å². The molecular weight excluding hydrogens is 496 g/mol. The number of methoxy groups -OCH3 is 1. The van der Waals surface area contributed by atoms with Crippen molar-refractivity contribution < 1.29 is 14.6 Å². The molecule has 7 nitrogen and oxygen atoms in total. The number of nitrogens with one attached hydrogen (secondary N) is 1. The van der Waals surface area contributed by atoms with Crippen molar-refractivity contribution >= 4 is 27.7 Å². The van der Waals surface area contributed by atoms with E-state index in [2.05, 4.69) is 43.3 Å². The number of halogens is 1. The Kier molecular flexibility index (Phi) is 10.8. The lowest BCUT2D eigenvalue weighted by Gasteiger charge is -2.26. The molecule has 3 rings (SSSR count). The molecule has 0 saturated carbocycles. The Bertz CT molecular complexity index is 909. The number of anilines is 1. The molecule has 0 aromatic carbocycles. The van der Waals surface area contributed by atoms with Crippen molar-refractivity contribution in [1.82, 2.24) is 14.9 Å². The van der Waals surface area contributed by atoms with Crippen LogP contribution in [0.1, 0.15) is 56.0 Å². The maximum Gasteiger partial charge on any atom is 0.326 e. The summed E-state index contributed by atoms with van der Waals surface area (Å²) >= 11 is 3.35. The van der Waals surface area contributed by atoms with Crippen molar-refractivity contribution in [1.29, 1.82) is 0 Å². The van der Waals surface area contributed by atoms with Gasteiger partial charge in [0.05, 0.1) is 6.10 Å². The maximum atomic E-state index is 11.8. The van der Waals surface area contributed by atoms with Crippen LogP contribution in [0.15, 0.2) is 34.9 Å². The first-order valence-electron chi connectivity index (χ1n) is 12.3. The normalized spacial score (nSPS) is 15.1. The predicted molar refractivity (Wildman–Crippen MR) is 138 cm³/mol. The minimum absolute atomic E-state index is 0.0895. The van der Waals surface area contributed by atoms with E-state index in [1.54, 1.807) is 19.4 Å². The number of hydrogen-bond donors (Lipinski definition) is 2. The fraction of sp³-hybridized carbons (Fsp3) is 0.577. The molecule has 0 fully saturated rings. The van der Waals surface area contributed by atoms with Crippen LogP contribution in [0.4, 0.5) is 5.82 Å². The Balaban J connectivity index is 1.49. The summed E-state index contributed by atoms with van der Waals surface area (Å²) in [4.78, 5) is 23.3. The van der Waals surface area contributed by atoms with Gasteiger partial charge in [0.15, 0.2) is 0 Å². The third-order valence-electron chi connectivity index (χ3n) is 6.39. The zero-order valence-corrected chi connectivity index (χ0v) is 21.9. The molecule has 1 aliphatic rings. The Morgan fingerprint density at radius 2 is 2.03 bits per heavy atom. The number of aliphatic carboxylic acids is 1. The Morgan fingerprint density at radius 3 is 2.76 bits per heavy atom. The molecule has 0 amide bonds. The first kappa shape index (κ1) is 26.6. The number of hydrogen-bond acceptors (Lipinski definition) is 6. The number of fused-ring (bicyclic) bond motifs is 1. The number of unbranched alkanes of at least 4 members (excludes halogenated alkanes) is 1. The van der Waals surface area contributed by atoms with Crippen LogP contribution in [-0.4, -0.2) is 64.8 Å². The summed E-state index contributed by atoms with van der Waals surface area (Å²) in [6.45, 7) is 4.39. The summed E-state index contributed by atoms with van der Waals surface area (Å²) in [5.74, 6) is -0.312. The van der Waals surface area contributed by atoms with Gasteiger partial charge in [-0.05, 0) is 105 Å². The smallest absolute Gasteiger partial charge is 0.326 e. The van der Waals surface area contributed by atoms with Gasteiger partial charge in [-0.15, -0.1) is 0 Å². The van der Waals surface area contributed by atoms with Crippen LogP contribution in [0.3, 0.4) is 0 Å². The van der Waals surface area contributed by atoms with Crippen LogP contribution < -0.4 is 5.32 Å². The van der Waals surface area contributed by atoms with Crippen LogP contribution in [-0.2, 0) is 28.8 Å². The number of nitrogens with zero attached hydrogens (tertiary/aromatic N) is 3. The van der Waals surface area contributed by atoms with Gasteiger partial charge in [-0.2, -0.15) is 0 Å². The molecule has 186 valence electrons. The molecule has 2 aromatic rings. The predicted octanol–water partition coefficient (Wildman–Crippen LogP) is 4.73. The summed E-state index contributed by atoms with van der Waals surface area (Å²) in [6, 6.07) is 7.38. The summed E-state index contributed by atoms with van der Waals surface area (Å²) in [6.07, 6.45) is 10.1. The van der Waals surface area contributed by atoms with E-state index in [-0.39, 0.29) is 6.10 Å². The zero-order chi connectivity index (χ0) is 24.3. The number of carbonyl (C=O) groups is 1. The SMILES string of the molecule is CO[C@H](C)CN(CCCCc1ccc2c(n1)CCCC2)CC[C@H](Nc1ccc(Br)cn1)C(=O)O. The van der Waals surface area contributed by atoms with E-state index in [0.717, 1.165) is 43.2 Å². The molecule has 2 aromatic heterocycles. The van der Waals surface area contributed by atoms with Crippen LogP contribution in [0.2, 0.25) is 0 Å². The molecule has 0 aliphatic heterocycles. The second-order valence-electron chi connectivity index (χ2n) is 9.11. The quantitative estimate of drug-likeness (QED) is 0.340. The Hall–Kier alpha value is -2.03. The maximum absolute atomic E-state index is 11.8. The second-order valence-corrected chi connectivity index (χ2v) is 10.0. The van der Waals surface area contributed by atoms with Gasteiger partial charge in [0, 0.05) is 42.3 Å². The van der Waals surface area contributed by atoms with Gasteiger partial charge in [-0.3, -0.25) is 4.98 Å². The van der Waals surface area contributed by atoms with Gasteiger partial charge in [-0.1, -0.05) is 6.07 Å². The van der Waals surface area contributed by atoms with Gasteiger partial charge in [0.25, 0.3) is 0 Å². The lowest BCUT2D eigenvalue weighted by atomic mass is 9.95. The number of carboxylic acid groups (broad SMARTS) is 1. The fourth-order valence-corrected chi connectivity index (χ4v) is 4.58. The summed E-state index contributed by atoms with van der Waals surface area (Å²) in [7, 11) is 1.71. The van der Waals surface area contributed by atoms with Crippen LogP contribution in [0.25, 0.3) is 0 Å². The van der Waals surface area contributed by atoms with E-state index >= 15 is 0 Å². The lowest BCUT2D eigenvalue weighted by molar-refractivity contribution is -0.138. The third kappa shape index (κ3) is 8.64. The fourth-order valence-electron chi connectivity index (χ4n) is 4.35. The molecule has 0 spiro atoms. The van der Waals surface area contributed by atoms with Crippen molar-refractivity contribution in [3.05, 3.63) is 51.9 Å². The highest BCUT2D eigenvalue weighted by molar-refractivity contribution is 9.10. The van der Waals surface area contributed by atoms with Crippen molar-refractivity contribution in [2.45, 2.75) is 70.4 Å². The van der Waals surface area contributed by atoms with E-state index in [1.165, 1.54) is 36.2 Å². The minimum Gasteiger partial charge on any atom is -0.480 e. The number of aryl methyl sites for hydroxylation is 3. The molecule has 2 heterocycles. The number of rotatable bonds is 14. The summed E-state index contributed by atoms with van der Waals surface area (Å²) in [5.41, 5.74) is 3.91. The zero-order valence-electron chi connectivity index (χ0n) is 20.3. The first-order valence-corrected chi connectivity index (χ1v) is 13.1. The molecule has 1 aliphatic carbocycles. The van der Waals surface area contributed by atoms with Crippen molar-refractivity contribution in [2.75, 3.05) is 32.1 Å². The molecule has 0 unspecified atom stereocenters. The van der Waals surface area contributed by atoms with Gasteiger partial charge in [0.2, 0.25) is 0 Å². The average Bonchev–Trinajstić information content (AvgIpc) is 2.84. The summed E-state index contributed by atoms with van der Waals surface area (Å²) in [5, 5.41) is 12.7. The Labute approximate surface area is 211 Å². The molecule has 2 atom stereocenters. The number of carboxylic acids is 1. The number of pyridine rings is 2. The first-order chi connectivity index (χ1) is 16.4. The van der Waals surface area contributed by atoms with Gasteiger partial charge in [-0.25, -0.2) is 9.78 Å². The third-order valence-corrected chi connectivity index (χ3v) is 6.86. The summed E-state index contributed by atoms with van der Waals surface area (Å²) < 4.78 is 6.33. The average molecular weight is 534 g/mol. The highest BCUT2D eigenvalue weighted by atomic mass is 79.9. The van der Waals surface area contributed by atoms with Gasteiger partial charge < -0.3 is 20.1 Å². The molecule has 0 radical (unpaired) electrons. The highest BCUT2D eigenvalue weighted by Gasteiger charge is 2.20. The van der Waals surface area contributed by atoms with E-state index in [9.17, 15) is 9.90 Å². The van der Waals surface area contributed by atoms with E-state index in [1.807, 2.05) is 13.0 Å². The molecule has 2 N–H and O–H groups in total. The molecular formula is C26H37BrN4O3. The van der Waals surface area contributed by atoms with Crippen molar-refractivity contribution in [3.8, 4) is 0 Å². The van der Waals surface area contributed by atoms with Crippen molar-refractivity contribution in [2.24, 2.45) is 0 Å². The van der Waals surface area contributed by atoms with E-state index < -0.39 is 12.0 Å². The number of aromatic nitrogens is 2. The standard InChI is InChI=1S/C26H37BrN4O3/c1-19(34-2)18-31(16-14-24(26(32)33)30-25-13-11-21(27)17-28-25)15-6-5-8-22-12-10-20-7-3-4-9-23(20)29-22/h10-13,17,19,24H,3-9,14-16,18H2,1-2H3,(H,28,30)(H,32,33)/t19-,24+/m1/s1. The second kappa shape index (κ2) is 13.8. The van der Waals surface area contributed by atoms with E-state index in [4.69, 9.17) is 9.72 Å². The lowest BCUT2D eigenvalue weighted by Crippen LogP contribution is -2.38. The minimum atomic E-state index is -0.872. The molecule has 0 bridgehead atoms. The van der Waals surface area contributed by atoms with Crippen molar-refractivity contribution in [3.63, 3.8) is 0 Å². The number of ether oxygens (including phenoxy) is 1. The topological polar surface area (TPSA) is 87.6 Å². The molecule has 34 heavy (non-hydrogen) atoms. The van der Waals surface area contributed by atoms with Gasteiger partial charge in [0.1, 0.15) is 11.9 Å². The molecule has 8 heteroatoms.